The van der Waals surface area contributed by atoms with Gasteiger partial charge in [0.05, 0.1) is 11.7 Å². The summed E-state index contributed by atoms with van der Waals surface area (Å²) in [5.74, 6) is 0.740. The Morgan fingerprint density at radius 2 is 1.74 bits per heavy atom. The van der Waals surface area contributed by atoms with Crippen LogP contribution in [0.3, 0.4) is 0 Å². The lowest BCUT2D eigenvalue weighted by atomic mass is 9.73. The molecule has 0 spiro atoms. The predicted molar refractivity (Wildman–Crippen MR) is 118 cm³/mol. The molecule has 1 unspecified atom stereocenters. The molecule has 2 heterocycles. The number of hydrogen-bond donors (Lipinski definition) is 2. The minimum atomic E-state index is -4.78. The Labute approximate surface area is 181 Å². The monoisotopic (exact) mass is 433 g/mol. The molecule has 0 aliphatic rings. The third kappa shape index (κ3) is 4.87. The average molecular weight is 434 g/mol. The molecule has 0 saturated heterocycles. The first-order valence-corrected chi connectivity index (χ1v) is 10.4. The van der Waals surface area contributed by atoms with E-state index in [4.69, 9.17) is 0 Å². The molecule has 4 nitrogen and oxygen atoms in total. The molecule has 0 saturated carbocycles. The summed E-state index contributed by atoms with van der Waals surface area (Å²) in [5, 5.41) is 11.6. The van der Waals surface area contributed by atoms with Gasteiger partial charge in [0.1, 0.15) is 5.82 Å². The first-order valence-electron chi connectivity index (χ1n) is 10.4. The molecule has 0 aliphatic heterocycles. The van der Waals surface area contributed by atoms with Crippen molar-refractivity contribution in [1.29, 1.82) is 0 Å². The van der Waals surface area contributed by atoms with E-state index < -0.39 is 30.0 Å². The molecular weight excluding hydrogens is 403 g/mol. The molecule has 2 aromatic heterocycles. The minimum Gasteiger partial charge on any atom is -0.380 e. The van der Waals surface area contributed by atoms with Gasteiger partial charge in [-0.15, -0.1) is 0 Å². The third-order valence-electron chi connectivity index (χ3n) is 5.98. The van der Waals surface area contributed by atoms with Crippen LogP contribution in [-0.2, 0) is 11.8 Å². The highest BCUT2D eigenvalue weighted by atomic mass is 19.4. The summed E-state index contributed by atoms with van der Waals surface area (Å²) in [6.45, 7) is 7.52. The average Bonchev–Trinajstić information content (AvgIpc) is 3.07. The normalized spacial score (nSPS) is 14.8. The molecular formula is C24H30F3N3O. The van der Waals surface area contributed by atoms with E-state index in [1.54, 1.807) is 50.4 Å². The van der Waals surface area contributed by atoms with E-state index in [9.17, 15) is 18.3 Å². The van der Waals surface area contributed by atoms with Crippen molar-refractivity contribution in [3.05, 3.63) is 59.9 Å². The van der Waals surface area contributed by atoms with E-state index in [1.165, 1.54) is 0 Å². The zero-order chi connectivity index (χ0) is 23.0. The Bertz CT molecular complexity index is 1030. The number of aromatic amines is 1. The fraction of sp³-hybridized carbons (Fsp3) is 0.458. The van der Waals surface area contributed by atoms with Gasteiger partial charge < -0.3 is 15.0 Å². The maximum atomic E-state index is 14.1. The Hall–Kier alpha value is -2.54. The van der Waals surface area contributed by atoms with Gasteiger partial charge in [-0.05, 0) is 43.4 Å². The molecule has 0 fully saturated rings. The van der Waals surface area contributed by atoms with Crippen LogP contribution in [0.5, 0.6) is 0 Å². The fourth-order valence-corrected chi connectivity index (χ4v) is 3.93. The van der Waals surface area contributed by atoms with Crippen LogP contribution in [0.15, 0.2) is 48.7 Å². The van der Waals surface area contributed by atoms with Crippen molar-refractivity contribution < 1.29 is 18.3 Å². The number of fused-ring (bicyclic) bond motifs is 1. The number of halogens is 3. The molecule has 1 atom stereocenters. The van der Waals surface area contributed by atoms with Gasteiger partial charge >= 0.3 is 6.18 Å². The zero-order valence-electron chi connectivity index (χ0n) is 18.6. The van der Waals surface area contributed by atoms with Crippen LogP contribution >= 0.6 is 0 Å². The highest BCUT2D eigenvalue weighted by Gasteiger charge is 2.56. The van der Waals surface area contributed by atoms with Gasteiger partial charge in [-0.1, -0.05) is 44.2 Å². The predicted octanol–water partition coefficient (Wildman–Crippen LogP) is 5.61. The van der Waals surface area contributed by atoms with E-state index in [2.05, 4.69) is 9.97 Å². The number of pyridine rings is 1. The summed E-state index contributed by atoms with van der Waals surface area (Å²) in [6, 6.07) is 12.7. The molecule has 1 aromatic carbocycles. The van der Waals surface area contributed by atoms with Gasteiger partial charge in [0.15, 0.2) is 5.60 Å². The van der Waals surface area contributed by atoms with E-state index in [0.717, 1.165) is 16.8 Å². The van der Waals surface area contributed by atoms with Gasteiger partial charge in [0, 0.05) is 30.6 Å². The number of nitrogens with zero attached hydrogens (tertiary/aromatic N) is 2. The fourth-order valence-electron chi connectivity index (χ4n) is 3.93. The Kier molecular flexibility index (Phi) is 6.11. The Morgan fingerprint density at radius 3 is 2.32 bits per heavy atom. The lowest BCUT2D eigenvalue weighted by Gasteiger charge is -2.37. The van der Waals surface area contributed by atoms with Gasteiger partial charge in [-0.25, -0.2) is 4.98 Å². The number of rotatable bonds is 7. The first-order chi connectivity index (χ1) is 14.3. The quantitative estimate of drug-likeness (QED) is 0.509. The van der Waals surface area contributed by atoms with Crippen LogP contribution in [0.1, 0.15) is 45.4 Å². The number of benzene rings is 1. The van der Waals surface area contributed by atoms with E-state index in [1.807, 2.05) is 37.9 Å². The zero-order valence-corrected chi connectivity index (χ0v) is 18.6. The Morgan fingerprint density at radius 1 is 1.10 bits per heavy atom. The minimum absolute atomic E-state index is 0.235. The third-order valence-corrected chi connectivity index (χ3v) is 5.98. The summed E-state index contributed by atoms with van der Waals surface area (Å²) >= 11 is 0. The van der Waals surface area contributed by atoms with Crippen LogP contribution in [0, 0.1) is 0 Å². The number of nitrogens with one attached hydrogen (secondary N) is 1. The second-order valence-electron chi connectivity index (χ2n) is 9.26. The highest BCUT2D eigenvalue weighted by molar-refractivity contribution is 5.82. The van der Waals surface area contributed by atoms with Gasteiger partial charge in [0.25, 0.3) is 0 Å². The second kappa shape index (κ2) is 8.19. The smallest absolute Gasteiger partial charge is 0.380 e. The molecule has 3 rings (SSSR count). The SMILES string of the molecule is CC(C)N(C)c1cc2cc(CC(O)(CC(C)(C)c3ccccc3)C(F)(F)F)[nH]c2cn1. The van der Waals surface area contributed by atoms with Crippen LogP contribution in [0.4, 0.5) is 19.0 Å². The number of aliphatic hydroxyl groups is 1. The van der Waals surface area contributed by atoms with Crippen molar-refractivity contribution in [1.82, 2.24) is 9.97 Å². The number of H-pyrrole nitrogens is 1. The summed E-state index contributed by atoms with van der Waals surface area (Å²) in [6.07, 6.45) is -4.18. The van der Waals surface area contributed by atoms with Crippen molar-refractivity contribution in [2.24, 2.45) is 0 Å². The van der Waals surface area contributed by atoms with Crippen LogP contribution < -0.4 is 4.90 Å². The Balaban J connectivity index is 1.93. The number of hydrogen-bond acceptors (Lipinski definition) is 3. The van der Waals surface area contributed by atoms with Crippen molar-refractivity contribution in [2.75, 3.05) is 11.9 Å². The van der Waals surface area contributed by atoms with E-state index >= 15 is 0 Å². The van der Waals surface area contributed by atoms with Crippen LogP contribution in [0.2, 0.25) is 0 Å². The van der Waals surface area contributed by atoms with Gasteiger partial charge in [-0.2, -0.15) is 13.2 Å². The summed E-state index contributed by atoms with van der Waals surface area (Å²) in [4.78, 5) is 9.39. The summed E-state index contributed by atoms with van der Waals surface area (Å²) < 4.78 is 42.2. The highest BCUT2D eigenvalue weighted by Crippen LogP contribution is 2.43. The number of anilines is 1. The maximum absolute atomic E-state index is 14.1. The second-order valence-corrected chi connectivity index (χ2v) is 9.26. The molecule has 2 N–H and O–H groups in total. The molecule has 0 bridgehead atoms. The largest absolute Gasteiger partial charge is 0.417 e. The van der Waals surface area contributed by atoms with Gasteiger partial charge in [0.2, 0.25) is 0 Å². The first kappa shape index (κ1) is 23.1. The number of alkyl halides is 3. The van der Waals surface area contributed by atoms with Gasteiger partial charge in [-0.3, -0.25) is 0 Å². The molecule has 31 heavy (non-hydrogen) atoms. The maximum Gasteiger partial charge on any atom is 0.417 e. The van der Waals surface area contributed by atoms with Crippen LogP contribution in [-0.4, -0.2) is 39.9 Å². The number of aromatic nitrogens is 2. The van der Waals surface area contributed by atoms with Crippen LogP contribution in [0.25, 0.3) is 10.9 Å². The molecule has 3 aromatic rings. The van der Waals surface area contributed by atoms with E-state index in [-0.39, 0.29) is 6.04 Å². The molecule has 0 radical (unpaired) electrons. The molecule has 7 heteroatoms. The summed E-state index contributed by atoms with van der Waals surface area (Å²) in [7, 11) is 1.92. The van der Waals surface area contributed by atoms with Crippen molar-refractivity contribution in [2.45, 2.75) is 63.8 Å². The van der Waals surface area contributed by atoms with Crippen molar-refractivity contribution >= 4 is 16.7 Å². The topological polar surface area (TPSA) is 52.1 Å². The standard InChI is InChI=1S/C24H30F3N3O/c1-16(2)30(5)21-12-17-11-19(29-20(17)14-28-21)13-23(31,24(25,26)27)15-22(3,4)18-9-7-6-8-10-18/h6-12,14,16,29,31H,13,15H2,1-5H3. The molecule has 0 amide bonds. The summed E-state index contributed by atoms with van der Waals surface area (Å²) in [5.41, 5.74) is -2.03. The van der Waals surface area contributed by atoms with E-state index in [0.29, 0.717) is 11.2 Å². The van der Waals surface area contributed by atoms with Crippen molar-refractivity contribution in [3.8, 4) is 0 Å². The lowest BCUT2D eigenvalue weighted by Crippen LogP contribution is -2.50. The molecule has 0 aliphatic carbocycles. The lowest BCUT2D eigenvalue weighted by molar-refractivity contribution is -0.266. The molecule has 168 valence electrons. The van der Waals surface area contributed by atoms with Crippen molar-refractivity contribution in [3.63, 3.8) is 0 Å².